The van der Waals surface area contributed by atoms with Gasteiger partial charge in [0, 0.05) is 19.2 Å². The molecule has 1 aromatic heterocycles. The van der Waals surface area contributed by atoms with Crippen LogP contribution in [0.4, 0.5) is 11.5 Å². The minimum Gasteiger partial charge on any atom is -0.356 e. The first kappa shape index (κ1) is 17.0. The summed E-state index contributed by atoms with van der Waals surface area (Å²) < 4.78 is 0. The van der Waals surface area contributed by atoms with Crippen LogP contribution in [0, 0.1) is 5.92 Å². The Morgan fingerprint density at radius 2 is 2.17 bits per heavy atom. The highest BCUT2D eigenvalue weighted by molar-refractivity contribution is 6.44. The molecule has 1 aromatic carbocycles. The first-order valence-electron chi connectivity index (χ1n) is 7.87. The summed E-state index contributed by atoms with van der Waals surface area (Å²) in [5.41, 5.74) is 0.759. The summed E-state index contributed by atoms with van der Waals surface area (Å²) in [5.74, 6) is 1.06. The molecule has 0 bridgehead atoms. The third kappa shape index (κ3) is 3.79. The summed E-state index contributed by atoms with van der Waals surface area (Å²) in [6, 6.07) is 6.80. The number of benzene rings is 1. The molecule has 2 aromatic rings. The van der Waals surface area contributed by atoms with Crippen molar-refractivity contribution in [2.24, 2.45) is 5.92 Å². The van der Waals surface area contributed by atoms with Crippen molar-refractivity contribution in [3.63, 3.8) is 0 Å². The standard InChI is InChI=1S/C17H18Cl2N4O/c1-11-4-3-7-23(9-11)15-8-14(20-10-21-15)17(24)22-13-6-2-5-12(18)16(13)19/h2,5-6,8,10-11H,3-4,7,9H2,1H3,(H,22,24). The van der Waals surface area contributed by atoms with E-state index in [1.807, 2.05) is 0 Å². The SMILES string of the molecule is CC1CCCN(c2cc(C(=O)Nc3cccc(Cl)c3Cl)ncn2)C1. The first-order valence-corrected chi connectivity index (χ1v) is 8.62. The molecule has 3 rings (SSSR count). The molecule has 5 nitrogen and oxygen atoms in total. The maximum Gasteiger partial charge on any atom is 0.274 e. The Bertz CT molecular complexity index is 753. The predicted molar refractivity (Wildman–Crippen MR) is 97.1 cm³/mol. The maximum absolute atomic E-state index is 12.5. The number of hydrogen-bond donors (Lipinski definition) is 1. The number of carbonyl (C=O) groups excluding carboxylic acids is 1. The van der Waals surface area contributed by atoms with Gasteiger partial charge >= 0.3 is 0 Å². The quantitative estimate of drug-likeness (QED) is 0.883. The molecule has 1 aliphatic rings. The number of hydrogen-bond acceptors (Lipinski definition) is 4. The molecule has 126 valence electrons. The van der Waals surface area contributed by atoms with Crippen molar-refractivity contribution in [3.8, 4) is 0 Å². The monoisotopic (exact) mass is 364 g/mol. The molecular formula is C17H18Cl2N4O. The van der Waals surface area contributed by atoms with Crippen molar-refractivity contribution in [1.82, 2.24) is 9.97 Å². The van der Waals surface area contributed by atoms with Gasteiger partial charge in [0.15, 0.2) is 0 Å². The summed E-state index contributed by atoms with van der Waals surface area (Å²) in [6.07, 6.45) is 3.77. The lowest BCUT2D eigenvalue weighted by atomic mass is 10.0. The summed E-state index contributed by atoms with van der Waals surface area (Å²) in [5, 5.41) is 3.44. The topological polar surface area (TPSA) is 58.1 Å². The molecule has 7 heteroatoms. The van der Waals surface area contributed by atoms with Crippen molar-refractivity contribution in [2.45, 2.75) is 19.8 Å². The second kappa shape index (κ2) is 7.36. The van der Waals surface area contributed by atoms with E-state index in [1.54, 1.807) is 24.3 Å². The van der Waals surface area contributed by atoms with Crippen LogP contribution in [0.3, 0.4) is 0 Å². The van der Waals surface area contributed by atoms with Gasteiger partial charge < -0.3 is 10.2 Å². The fraction of sp³-hybridized carbons (Fsp3) is 0.353. The Hall–Kier alpha value is -1.85. The highest BCUT2D eigenvalue weighted by Crippen LogP contribution is 2.30. The Morgan fingerprint density at radius 3 is 2.96 bits per heavy atom. The molecule has 1 fully saturated rings. The fourth-order valence-corrected chi connectivity index (χ4v) is 3.18. The van der Waals surface area contributed by atoms with E-state index in [0.29, 0.717) is 27.3 Å². The summed E-state index contributed by atoms with van der Waals surface area (Å²) >= 11 is 12.1. The van der Waals surface area contributed by atoms with Gasteiger partial charge in [-0.2, -0.15) is 0 Å². The normalized spacial score (nSPS) is 17.6. The number of amides is 1. The second-order valence-electron chi connectivity index (χ2n) is 6.01. The van der Waals surface area contributed by atoms with E-state index in [0.717, 1.165) is 25.3 Å². The highest BCUT2D eigenvalue weighted by atomic mass is 35.5. The Balaban J connectivity index is 1.78. The largest absolute Gasteiger partial charge is 0.356 e. The van der Waals surface area contributed by atoms with Gasteiger partial charge in [0.25, 0.3) is 5.91 Å². The number of rotatable bonds is 3. The average molecular weight is 365 g/mol. The molecule has 1 N–H and O–H groups in total. The van der Waals surface area contributed by atoms with Crippen LogP contribution in [-0.2, 0) is 0 Å². The molecule has 1 saturated heterocycles. The summed E-state index contributed by atoms with van der Waals surface area (Å²) in [6.45, 7) is 4.11. The van der Waals surface area contributed by atoms with Crippen LogP contribution in [0.25, 0.3) is 0 Å². The van der Waals surface area contributed by atoms with Crippen LogP contribution < -0.4 is 10.2 Å². The van der Waals surface area contributed by atoms with Gasteiger partial charge in [-0.05, 0) is 30.9 Å². The number of nitrogens with one attached hydrogen (secondary N) is 1. The van der Waals surface area contributed by atoms with E-state index in [9.17, 15) is 4.79 Å². The molecule has 1 aliphatic heterocycles. The third-order valence-corrected chi connectivity index (χ3v) is 4.88. The van der Waals surface area contributed by atoms with Crippen LogP contribution in [0.2, 0.25) is 10.0 Å². The molecule has 0 radical (unpaired) electrons. The molecule has 24 heavy (non-hydrogen) atoms. The van der Waals surface area contributed by atoms with Gasteiger partial charge in [-0.1, -0.05) is 36.2 Å². The van der Waals surface area contributed by atoms with E-state index in [4.69, 9.17) is 23.2 Å². The minimum absolute atomic E-state index is 0.300. The fourth-order valence-electron chi connectivity index (χ4n) is 2.83. The zero-order valence-corrected chi connectivity index (χ0v) is 14.8. The molecular weight excluding hydrogens is 347 g/mol. The molecule has 1 unspecified atom stereocenters. The predicted octanol–water partition coefficient (Wildman–Crippen LogP) is 4.27. The van der Waals surface area contributed by atoms with Crippen LogP contribution in [0.15, 0.2) is 30.6 Å². The van der Waals surface area contributed by atoms with Crippen LogP contribution in [0.5, 0.6) is 0 Å². The Labute approximate surface area is 151 Å². The minimum atomic E-state index is -0.340. The van der Waals surface area contributed by atoms with Crippen LogP contribution in [0.1, 0.15) is 30.3 Å². The zero-order chi connectivity index (χ0) is 17.1. The van der Waals surface area contributed by atoms with E-state index >= 15 is 0 Å². The van der Waals surface area contributed by atoms with Gasteiger partial charge in [-0.25, -0.2) is 9.97 Å². The number of carbonyl (C=O) groups is 1. The van der Waals surface area contributed by atoms with E-state index in [1.165, 1.54) is 12.7 Å². The molecule has 0 aliphatic carbocycles. The first-order chi connectivity index (χ1) is 11.5. The van der Waals surface area contributed by atoms with Gasteiger partial charge in [-0.15, -0.1) is 0 Å². The van der Waals surface area contributed by atoms with Gasteiger partial charge in [0.2, 0.25) is 0 Å². The molecule has 2 heterocycles. The number of anilines is 2. The lowest BCUT2D eigenvalue weighted by molar-refractivity contribution is 0.102. The lowest BCUT2D eigenvalue weighted by Gasteiger charge is -2.31. The third-order valence-electron chi connectivity index (χ3n) is 4.07. The molecule has 0 saturated carbocycles. The number of aromatic nitrogens is 2. The second-order valence-corrected chi connectivity index (χ2v) is 6.80. The van der Waals surface area contributed by atoms with Crippen molar-refractivity contribution >= 4 is 40.6 Å². The molecule has 0 spiro atoms. The van der Waals surface area contributed by atoms with E-state index in [-0.39, 0.29) is 5.91 Å². The summed E-state index contributed by atoms with van der Waals surface area (Å²) in [7, 11) is 0. The number of piperidine rings is 1. The smallest absolute Gasteiger partial charge is 0.274 e. The van der Waals surface area contributed by atoms with Crippen molar-refractivity contribution in [3.05, 3.63) is 46.3 Å². The van der Waals surface area contributed by atoms with Crippen molar-refractivity contribution < 1.29 is 4.79 Å². The highest BCUT2D eigenvalue weighted by Gasteiger charge is 2.19. The van der Waals surface area contributed by atoms with E-state index in [2.05, 4.69) is 27.1 Å². The van der Waals surface area contributed by atoms with E-state index < -0.39 is 0 Å². The van der Waals surface area contributed by atoms with Crippen molar-refractivity contribution in [2.75, 3.05) is 23.3 Å². The van der Waals surface area contributed by atoms with Crippen LogP contribution in [-0.4, -0.2) is 29.0 Å². The summed E-state index contributed by atoms with van der Waals surface area (Å²) in [4.78, 5) is 23.0. The number of halogens is 2. The molecule has 1 amide bonds. The Morgan fingerprint density at radius 1 is 1.33 bits per heavy atom. The van der Waals surface area contributed by atoms with Gasteiger partial charge in [0.05, 0.1) is 15.7 Å². The molecule has 1 atom stereocenters. The number of nitrogens with zero attached hydrogens (tertiary/aromatic N) is 3. The van der Waals surface area contributed by atoms with Crippen LogP contribution >= 0.6 is 23.2 Å². The maximum atomic E-state index is 12.5. The lowest BCUT2D eigenvalue weighted by Crippen LogP contribution is -2.35. The van der Waals surface area contributed by atoms with Gasteiger partial charge in [0.1, 0.15) is 17.8 Å². The average Bonchev–Trinajstić information content (AvgIpc) is 2.59. The van der Waals surface area contributed by atoms with Gasteiger partial charge in [-0.3, -0.25) is 4.79 Å². The van der Waals surface area contributed by atoms with Crippen molar-refractivity contribution in [1.29, 1.82) is 0 Å². The zero-order valence-electron chi connectivity index (χ0n) is 13.3. The Kier molecular flexibility index (Phi) is 5.21.